The highest BCUT2D eigenvalue weighted by molar-refractivity contribution is 5.25. The zero-order chi connectivity index (χ0) is 11.4. The Hall–Kier alpha value is -0.820. The van der Waals surface area contributed by atoms with E-state index in [4.69, 9.17) is 0 Å². The number of nitrogens with one attached hydrogen (secondary N) is 1. The Morgan fingerprint density at radius 1 is 1.19 bits per heavy atom. The van der Waals surface area contributed by atoms with Crippen molar-refractivity contribution in [2.45, 2.75) is 51.5 Å². The Labute approximate surface area is 99.3 Å². The van der Waals surface area contributed by atoms with Gasteiger partial charge >= 0.3 is 0 Å². The van der Waals surface area contributed by atoms with Gasteiger partial charge in [-0.1, -0.05) is 36.8 Å². The molecule has 1 nitrogen and oxygen atoms in total. The third-order valence-corrected chi connectivity index (χ3v) is 3.66. The van der Waals surface area contributed by atoms with Crippen LogP contribution in [0.5, 0.6) is 0 Å². The summed E-state index contributed by atoms with van der Waals surface area (Å²) in [5.74, 6) is 0.787. The first-order valence-corrected chi connectivity index (χ1v) is 6.59. The van der Waals surface area contributed by atoms with Gasteiger partial charge < -0.3 is 5.32 Å². The first-order valence-electron chi connectivity index (χ1n) is 6.59. The van der Waals surface area contributed by atoms with Gasteiger partial charge in [-0.05, 0) is 50.6 Å². The van der Waals surface area contributed by atoms with Crippen molar-refractivity contribution in [1.29, 1.82) is 0 Å². The van der Waals surface area contributed by atoms with Crippen LogP contribution in [0, 0.1) is 6.92 Å². The van der Waals surface area contributed by atoms with Gasteiger partial charge in [-0.2, -0.15) is 0 Å². The summed E-state index contributed by atoms with van der Waals surface area (Å²) in [6.07, 6.45) is 5.26. The molecule has 0 heterocycles. The molecule has 0 aliphatic heterocycles. The van der Waals surface area contributed by atoms with E-state index < -0.39 is 0 Å². The standard InChI is InChI=1S/C15H23N/c1-3-10-16-15-9-8-14(11-15)13-6-4-12(2)5-7-13/h4-7,14-16H,3,8-11H2,1-2H3. The number of benzene rings is 1. The Balaban J connectivity index is 1.90. The van der Waals surface area contributed by atoms with Crippen molar-refractivity contribution in [2.75, 3.05) is 6.54 Å². The largest absolute Gasteiger partial charge is 0.314 e. The molecule has 0 radical (unpaired) electrons. The molecule has 88 valence electrons. The monoisotopic (exact) mass is 217 g/mol. The molecule has 0 spiro atoms. The fraction of sp³-hybridized carbons (Fsp3) is 0.600. The van der Waals surface area contributed by atoms with Gasteiger partial charge in [0.15, 0.2) is 0 Å². The molecule has 1 aromatic rings. The summed E-state index contributed by atoms with van der Waals surface area (Å²) >= 11 is 0. The summed E-state index contributed by atoms with van der Waals surface area (Å²) in [6.45, 7) is 5.56. The van der Waals surface area contributed by atoms with E-state index in [2.05, 4.69) is 43.4 Å². The van der Waals surface area contributed by atoms with Crippen molar-refractivity contribution < 1.29 is 0 Å². The molecule has 2 rings (SSSR count). The van der Waals surface area contributed by atoms with Crippen molar-refractivity contribution in [3.63, 3.8) is 0 Å². The second-order valence-corrected chi connectivity index (χ2v) is 5.07. The minimum absolute atomic E-state index is 0.756. The maximum atomic E-state index is 3.64. The van der Waals surface area contributed by atoms with E-state index in [0.29, 0.717) is 0 Å². The third kappa shape index (κ3) is 2.85. The van der Waals surface area contributed by atoms with Crippen LogP contribution in [0.4, 0.5) is 0 Å². The van der Waals surface area contributed by atoms with Gasteiger partial charge in [0.1, 0.15) is 0 Å². The molecule has 0 aromatic heterocycles. The highest BCUT2D eigenvalue weighted by Crippen LogP contribution is 2.34. The average molecular weight is 217 g/mol. The molecule has 1 heteroatoms. The predicted octanol–water partition coefficient (Wildman–Crippen LogP) is 3.63. The van der Waals surface area contributed by atoms with Gasteiger partial charge in [0.25, 0.3) is 0 Å². The van der Waals surface area contributed by atoms with Crippen molar-refractivity contribution in [3.05, 3.63) is 35.4 Å². The smallest absolute Gasteiger partial charge is 0.00730 e. The molecule has 16 heavy (non-hydrogen) atoms. The molecule has 2 atom stereocenters. The summed E-state index contributed by atoms with van der Waals surface area (Å²) in [5.41, 5.74) is 2.90. The van der Waals surface area contributed by atoms with Crippen molar-refractivity contribution in [2.24, 2.45) is 0 Å². The van der Waals surface area contributed by atoms with Gasteiger partial charge in [0, 0.05) is 6.04 Å². The highest BCUT2D eigenvalue weighted by Gasteiger charge is 2.24. The lowest BCUT2D eigenvalue weighted by molar-refractivity contribution is 0.517. The van der Waals surface area contributed by atoms with Crippen LogP contribution in [-0.4, -0.2) is 12.6 Å². The maximum absolute atomic E-state index is 3.64. The Morgan fingerprint density at radius 3 is 2.62 bits per heavy atom. The maximum Gasteiger partial charge on any atom is 0.00730 e. The van der Waals surface area contributed by atoms with E-state index in [0.717, 1.165) is 12.0 Å². The number of rotatable bonds is 4. The molecule has 0 bridgehead atoms. The highest BCUT2D eigenvalue weighted by atomic mass is 14.9. The molecule has 1 aromatic carbocycles. The number of aryl methyl sites for hydroxylation is 1. The van der Waals surface area contributed by atoms with Crippen LogP contribution in [0.3, 0.4) is 0 Å². The van der Waals surface area contributed by atoms with Gasteiger partial charge in [-0.25, -0.2) is 0 Å². The Bertz CT molecular complexity index is 315. The van der Waals surface area contributed by atoms with E-state index >= 15 is 0 Å². The molecule has 1 N–H and O–H groups in total. The molecular weight excluding hydrogens is 194 g/mol. The summed E-state index contributed by atoms with van der Waals surface area (Å²) in [4.78, 5) is 0. The van der Waals surface area contributed by atoms with Crippen LogP contribution < -0.4 is 5.32 Å². The Morgan fingerprint density at radius 2 is 1.94 bits per heavy atom. The van der Waals surface area contributed by atoms with Crippen molar-refractivity contribution in [1.82, 2.24) is 5.32 Å². The molecule has 1 aliphatic rings. The number of hydrogen-bond acceptors (Lipinski definition) is 1. The minimum atomic E-state index is 0.756. The van der Waals surface area contributed by atoms with E-state index in [1.807, 2.05) is 0 Å². The van der Waals surface area contributed by atoms with E-state index in [1.54, 1.807) is 0 Å². The van der Waals surface area contributed by atoms with Gasteiger partial charge in [0.05, 0.1) is 0 Å². The zero-order valence-corrected chi connectivity index (χ0v) is 10.5. The molecule has 0 amide bonds. The van der Waals surface area contributed by atoms with Crippen molar-refractivity contribution >= 4 is 0 Å². The second kappa shape index (κ2) is 5.49. The van der Waals surface area contributed by atoms with Crippen LogP contribution in [0.25, 0.3) is 0 Å². The molecule has 0 saturated heterocycles. The molecular formula is C15H23N. The molecule has 1 fully saturated rings. The number of hydrogen-bond donors (Lipinski definition) is 1. The van der Waals surface area contributed by atoms with Gasteiger partial charge in [-0.15, -0.1) is 0 Å². The predicted molar refractivity (Wildman–Crippen MR) is 69.9 cm³/mol. The SMILES string of the molecule is CCCNC1CCC(c2ccc(C)cc2)C1. The lowest BCUT2D eigenvalue weighted by Gasteiger charge is -2.13. The summed E-state index contributed by atoms with van der Waals surface area (Å²) in [5, 5.41) is 3.64. The normalized spacial score (nSPS) is 24.9. The van der Waals surface area contributed by atoms with E-state index in [1.165, 1.54) is 43.4 Å². The summed E-state index contributed by atoms with van der Waals surface area (Å²) < 4.78 is 0. The van der Waals surface area contributed by atoms with Crippen LogP contribution in [0.15, 0.2) is 24.3 Å². The molecule has 1 saturated carbocycles. The fourth-order valence-electron chi connectivity index (χ4n) is 2.66. The zero-order valence-electron chi connectivity index (χ0n) is 10.5. The Kier molecular flexibility index (Phi) is 4.00. The van der Waals surface area contributed by atoms with Crippen LogP contribution in [-0.2, 0) is 0 Å². The topological polar surface area (TPSA) is 12.0 Å². The summed E-state index contributed by atoms with van der Waals surface area (Å²) in [7, 11) is 0. The van der Waals surface area contributed by atoms with Gasteiger partial charge in [0.2, 0.25) is 0 Å². The van der Waals surface area contributed by atoms with Gasteiger partial charge in [-0.3, -0.25) is 0 Å². The van der Waals surface area contributed by atoms with Crippen LogP contribution in [0.1, 0.15) is 49.7 Å². The summed E-state index contributed by atoms with van der Waals surface area (Å²) in [6, 6.07) is 9.85. The first-order chi connectivity index (χ1) is 7.79. The van der Waals surface area contributed by atoms with E-state index in [9.17, 15) is 0 Å². The van der Waals surface area contributed by atoms with Crippen LogP contribution >= 0.6 is 0 Å². The van der Waals surface area contributed by atoms with Crippen molar-refractivity contribution in [3.8, 4) is 0 Å². The second-order valence-electron chi connectivity index (χ2n) is 5.07. The van der Waals surface area contributed by atoms with Crippen LogP contribution in [0.2, 0.25) is 0 Å². The third-order valence-electron chi connectivity index (χ3n) is 3.66. The minimum Gasteiger partial charge on any atom is -0.314 e. The lowest BCUT2D eigenvalue weighted by Crippen LogP contribution is -2.26. The average Bonchev–Trinajstić information content (AvgIpc) is 2.76. The van der Waals surface area contributed by atoms with E-state index in [-0.39, 0.29) is 0 Å². The first kappa shape index (κ1) is 11.7. The fourth-order valence-corrected chi connectivity index (χ4v) is 2.66. The molecule has 1 aliphatic carbocycles. The lowest BCUT2D eigenvalue weighted by atomic mass is 9.96. The molecule has 2 unspecified atom stereocenters. The quantitative estimate of drug-likeness (QED) is 0.812.